The van der Waals surface area contributed by atoms with Gasteiger partial charge >= 0.3 is 6.03 Å². The van der Waals surface area contributed by atoms with Crippen LogP contribution in [0.1, 0.15) is 39.1 Å². The monoisotopic (exact) mass is 419 g/mol. The Morgan fingerprint density at radius 2 is 2.03 bits per heavy atom. The fraction of sp³-hybridized carbons (Fsp3) is 0.227. The van der Waals surface area contributed by atoms with Crippen molar-refractivity contribution in [3.8, 4) is 0 Å². The molecule has 0 radical (unpaired) electrons. The van der Waals surface area contributed by atoms with Crippen molar-refractivity contribution in [1.82, 2.24) is 20.1 Å². The van der Waals surface area contributed by atoms with Gasteiger partial charge in [0, 0.05) is 25.5 Å². The number of carbonyl (C=O) groups excluding carboxylic acids is 4. The number of piperidine rings is 1. The van der Waals surface area contributed by atoms with Crippen LogP contribution in [0.2, 0.25) is 0 Å². The van der Waals surface area contributed by atoms with Crippen LogP contribution < -0.4 is 10.6 Å². The second-order valence-electron chi connectivity index (χ2n) is 7.47. The number of rotatable bonds is 4. The lowest BCUT2D eigenvalue weighted by molar-refractivity contribution is -0.125. The zero-order chi connectivity index (χ0) is 22.1. The Labute approximate surface area is 178 Å². The molecular weight excluding hydrogens is 398 g/mol. The first-order valence-electron chi connectivity index (χ1n) is 9.78. The van der Waals surface area contributed by atoms with Crippen LogP contribution in [-0.2, 0) is 11.3 Å². The van der Waals surface area contributed by atoms with Gasteiger partial charge in [-0.2, -0.15) is 0 Å². The van der Waals surface area contributed by atoms with Crippen molar-refractivity contribution < 1.29 is 19.2 Å². The van der Waals surface area contributed by atoms with Crippen molar-refractivity contribution in [3.63, 3.8) is 0 Å². The Balaban J connectivity index is 1.55. The van der Waals surface area contributed by atoms with E-state index in [4.69, 9.17) is 0 Å². The molecule has 2 aliphatic rings. The van der Waals surface area contributed by atoms with Gasteiger partial charge < -0.3 is 10.2 Å². The summed E-state index contributed by atoms with van der Waals surface area (Å²) in [6.45, 7) is 3.83. The summed E-state index contributed by atoms with van der Waals surface area (Å²) in [5, 5.41) is 5.28. The van der Waals surface area contributed by atoms with E-state index in [9.17, 15) is 19.2 Å². The zero-order valence-electron chi connectivity index (χ0n) is 16.9. The lowest BCUT2D eigenvalue weighted by Crippen LogP contribution is -2.51. The minimum absolute atomic E-state index is 0.0996. The van der Waals surface area contributed by atoms with E-state index in [1.54, 1.807) is 49.6 Å². The maximum atomic E-state index is 13.2. The van der Waals surface area contributed by atoms with Crippen LogP contribution in [0.4, 0.5) is 10.6 Å². The Kier molecular flexibility index (Phi) is 5.24. The number of imide groups is 1. The quantitative estimate of drug-likeness (QED) is 0.738. The molecule has 2 N–H and O–H groups in total. The Morgan fingerprint density at radius 3 is 2.74 bits per heavy atom. The third kappa shape index (κ3) is 3.77. The van der Waals surface area contributed by atoms with Gasteiger partial charge in [-0.05, 0) is 36.6 Å². The minimum Gasteiger partial charge on any atom is -0.329 e. The van der Waals surface area contributed by atoms with Crippen molar-refractivity contribution in [2.45, 2.75) is 25.4 Å². The lowest BCUT2D eigenvalue weighted by Gasteiger charge is -2.29. The molecule has 5 amide bonds. The van der Waals surface area contributed by atoms with E-state index in [0.29, 0.717) is 29.9 Å². The molecule has 0 spiro atoms. The summed E-state index contributed by atoms with van der Waals surface area (Å²) >= 11 is 0. The molecule has 1 aromatic heterocycles. The summed E-state index contributed by atoms with van der Waals surface area (Å²) in [6, 6.07) is 8.79. The highest BCUT2D eigenvalue weighted by molar-refractivity contribution is 6.23. The summed E-state index contributed by atoms with van der Waals surface area (Å²) in [5.74, 6) is -1.05. The molecule has 3 heterocycles. The molecule has 1 aromatic carbocycles. The van der Waals surface area contributed by atoms with Gasteiger partial charge in [0.2, 0.25) is 5.91 Å². The van der Waals surface area contributed by atoms with E-state index in [2.05, 4.69) is 22.2 Å². The number of carbonyl (C=O) groups is 4. The van der Waals surface area contributed by atoms with Gasteiger partial charge in [0.1, 0.15) is 11.9 Å². The summed E-state index contributed by atoms with van der Waals surface area (Å²) in [4.78, 5) is 57.5. The number of aromatic nitrogens is 1. The molecule has 1 atom stereocenters. The fourth-order valence-corrected chi connectivity index (χ4v) is 3.77. The van der Waals surface area contributed by atoms with Crippen LogP contribution in [0.5, 0.6) is 0 Å². The Bertz CT molecular complexity index is 1100. The van der Waals surface area contributed by atoms with Gasteiger partial charge in [-0.15, -0.1) is 0 Å². The number of allylic oxidation sites excluding steroid dienone is 1. The number of amides is 5. The van der Waals surface area contributed by atoms with E-state index in [-0.39, 0.29) is 17.7 Å². The van der Waals surface area contributed by atoms with Crippen LogP contribution in [0.3, 0.4) is 0 Å². The van der Waals surface area contributed by atoms with Crippen LogP contribution in [0.15, 0.2) is 54.9 Å². The van der Waals surface area contributed by atoms with Gasteiger partial charge in [0.15, 0.2) is 0 Å². The number of pyridine rings is 1. The maximum absolute atomic E-state index is 13.2. The molecule has 1 unspecified atom stereocenters. The van der Waals surface area contributed by atoms with E-state index >= 15 is 0 Å². The number of hydrogen-bond acceptors (Lipinski definition) is 5. The summed E-state index contributed by atoms with van der Waals surface area (Å²) in [5.41, 5.74) is 1.55. The molecule has 1 saturated heterocycles. The van der Waals surface area contributed by atoms with E-state index < -0.39 is 29.8 Å². The van der Waals surface area contributed by atoms with Crippen molar-refractivity contribution in [2.24, 2.45) is 0 Å². The third-order valence-electron chi connectivity index (χ3n) is 5.32. The highest BCUT2D eigenvalue weighted by Gasteiger charge is 2.44. The van der Waals surface area contributed by atoms with E-state index in [1.165, 1.54) is 4.90 Å². The number of nitrogens with one attached hydrogen (secondary N) is 2. The smallest absolute Gasteiger partial charge is 0.323 e. The summed E-state index contributed by atoms with van der Waals surface area (Å²) in [6.07, 6.45) is 2.39. The molecule has 9 nitrogen and oxygen atoms in total. The second-order valence-corrected chi connectivity index (χ2v) is 7.47. The zero-order valence-corrected chi connectivity index (χ0v) is 16.9. The van der Waals surface area contributed by atoms with Gasteiger partial charge in [-0.1, -0.05) is 24.8 Å². The number of benzene rings is 1. The molecule has 158 valence electrons. The van der Waals surface area contributed by atoms with Crippen molar-refractivity contribution in [2.75, 3.05) is 12.4 Å². The fourth-order valence-electron chi connectivity index (χ4n) is 3.77. The number of nitrogens with zero attached hydrogens (tertiary/aromatic N) is 3. The average Bonchev–Trinajstić information content (AvgIpc) is 3.00. The molecule has 1 fully saturated rings. The first-order chi connectivity index (χ1) is 14.9. The third-order valence-corrected chi connectivity index (χ3v) is 5.32. The molecular formula is C22H21N5O4. The van der Waals surface area contributed by atoms with Gasteiger partial charge in [0.25, 0.3) is 11.8 Å². The van der Waals surface area contributed by atoms with Crippen molar-refractivity contribution in [3.05, 3.63) is 71.6 Å². The molecule has 0 saturated carbocycles. The Morgan fingerprint density at radius 1 is 1.23 bits per heavy atom. The standard InChI is InChI=1S/C22H21N5O4/c1-13-9-10-16(19(28)24-13)27-20(29)15-7-5-6-14(18(15)21(27)30)12-26(2)22(31)25-17-8-3-4-11-23-17/h3-8,11,16H,1,9-10,12H2,2H3,(H,24,28)(H,23,25,31). The highest BCUT2D eigenvalue weighted by Crippen LogP contribution is 2.31. The lowest BCUT2D eigenvalue weighted by atomic mass is 10.0. The first kappa shape index (κ1) is 20.3. The average molecular weight is 419 g/mol. The number of fused-ring (bicyclic) bond motifs is 1. The highest BCUT2D eigenvalue weighted by atomic mass is 16.2. The number of urea groups is 1. The molecule has 2 aliphatic heterocycles. The summed E-state index contributed by atoms with van der Waals surface area (Å²) in [7, 11) is 1.58. The maximum Gasteiger partial charge on any atom is 0.323 e. The second kappa shape index (κ2) is 8.02. The molecule has 9 heteroatoms. The van der Waals surface area contributed by atoms with Gasteiger partial charge in [-0.25, -0.2) is 9.78 Å². The van der Waals surface area contributed by atoms with Crippen LogP contribution in [0, 0.1) is 0 Å². The predicted octanol–water partition coefficient (Wildman–Crippen LogP) is 2.13. The molecule has 0 aliphatic carbocycles. The summed E-state index contributed by atoms with van der Waals surface area (Å²) < 4.78 is 0. The van der Waals surface area contributed by atoms with E-state index in [1.807, 2.05) is 0 Å². The topological polar surface area (TPSA) is 112 Å². The van der Waals surface area contributed by atoms with Crippen LogP contribution in [-0.4, -0.2) is 51.6 Å². The number of hydrogen-bond donors (Lipinski definition) is 2. The number of anilines is 1. The van der Waals surface area contributed by atoms with Gasteiger partial charge in [-0.3, -0.25) is 24.6 Å². The SMILES string of the molecule is C=C1CCC(N2C(=O)c3cccc(CN(C)C(=O)Nc4ccccn4)c3C2=O)C(=O)N1. The predicted molar refractivity (Wildman–Crippen MR) is 112 cm³/mol. The van der Waals surface area contributed by atoms with Crippen LogP contribution in [0.25, 0.3) is 0 Å². The van der Waals surface area contributed by atoms with E-state index in [0.717, 1.165) is 4.90 Å². The van der Waals surface area contributed by atoms with Crippen molar-refractivity contribution in [1.29, 1.82) is 0 Å². The molecule has 31 heavy (non-hydrogen) atoms. The molecule has 0 bridgehead atoms. The van der Waals surface area contributed by atoms with Gasteiger partial charge in [0.05, 0.1) is 11.1 Å². The normalized spacial score (nSPS) is 18.0. The van der Waals surface area contributed by atoms with Crippen LogP contribution >= 0.6 is 0 Å². The largest absolute Gasteiger partial charge is 0.329 e. The minimum atomic E-state index is -0.879. The molecule has 4 rings (SSSR count). The first-order valence-corrected chi connectivity index (χ1v) is 9.78. The Hall–Kier alpha value is -4.01. The van der Waals surface area contributed by atoms with Crippen molar-refractivity contribution >= 4 is 29.6 Å². The molecule has 2 aromatic rings.